The minimum absolute atomic E-state index is 0.154. The quantitative estimate of drug-likeness (QED) is 0.832. The van der Waals surface area contributed by atoms with Gasteiger partial charge in [0.25, 0.3) is 0 Å². The zero-order valence-corrected chi connectivity index (χ0v) is 15.2. The van der Waals surface area contributed by atoms with E-state index in [1.807, 2.05) is 13.0 Å². The highest BCUT2D eigenvalue weighted by molar-refractivity contribution is 5.75. The molecule has 1 aromatic carbocycles. The molecular weight excluding hydrogens is 316 g/mol. The van der Waals surface area contributed by atoms with Crippen molar-refractivity contribution < 1.29 is 9.90 Å². The van der Waals surface area contributed by atoms with Crippen molar-refractivity contribution in [2.24, 2.45) is 7.05 Å². The van der Waals surface area contributed by atoms with E-state index in [0.717, 1.165) is 56.8 Å². The Morgan fingerprint density at radius 1 is 1.32 bits per heavy atom. The Labute approximate surface area is 149 Å². The van der Waals surface area contributed by atoms with Gasteiger partial charge < -0.3 is 14.6 Å². The molecule has 6 heteroatoms. The van der Waals surface area contributed by atoms with Gasteiger partial charge in [-0.2, -0.15) is 0 Å². The number of carbonyl (C=O) groups is 1. The summed E-state index contributed by atoms with van der Waals surface area (Å²) in [6.45, 7) is 6.07. The van der Waals surface area contributed by atoms with Gasteiger partial charge >= 0.3 is 5.97 Å². The number of fused-ring (bicyclic) bond motifs is 1. The van der Waals surface area contributed by atoms with E-state index in [1.54, 1.807) is 0 Å². The minimum Gasteiger partial charge on any atom is -0.480 e. The van der Waals surface area contributed by atoms with Crippen LogP contribution in [0.15, 0.2) is 24.3 Å². The summed E-state index contributed by atoms with van der Waals surface area (Å²) in [7, 11) is 2.09. The molecule has 0 radical (unpaired) electrons. The average Bonchev–Trinajstić information content (AvgIpc) is 2.94. The van der Waals surface area contributed by atoms with Crippen LogP contribution in [-0.4, -0.2) is 69.2 Å². The number of piperidine rings is 1. The molecular formula is C19H28N4O2. The third kappa shape index (κ3) is 4.19. The fourth-order valence-electron chi connectivity index (χ4n) is 3.86. The lowest BCUT2D eigenvalue weighted by Gasteiger charge is -2.37. The summed E-state index contributed by atoms with van der Waals surface area (Å²) in [4.78, 5) is 20.3. The molecule has 1 aliphatic rings. The van der Waals surface area contributed by atoms with E-state index in [1.165, 1.54) is 5.52 Å². The van der Waals surface area contributed by atoms with Gasteiger partial charge in [-0.3, -0.25) is 9.69 Å². The smallest absolute Gasteiger partial charge is 0.317 e. The summed E-state index contributed by atoms with van der Waals surface area (Å²) in [5.74, 6) is 0.399. The van der Waals surface area contributed by atoms with Crippen LogP contribution in [0.5, 0.6) is 0 Å². The van der Waals surface area contributed by atoms with Crippen LogP contribution in [0, 0.1) is 0 Å². The van der Waals surface area contributed by atoms with Crippen molar-refractivity contribution in [3.8, 4) is 0 Å². The summed E-state index contributed by atoms with van der Waals surface area (Å²) >= 11 is 0. The van der Waals surface area contributed by atoms with Gasteiger partial charge in [0, 0.05) is 26.1 Å². The highest BCUT2D eigenvalue weighted by atomic mass is 16.4. The molecule has 6 nitrogen and oxygen atoms in total. The molecule has 1 aromatic heterocycles. The first-order valence-electron chi connectivity index (χ1n) is 9.17. The number of para-hydroxylation sites is 2. The van der Waals surface area contributed by atoms with Gasteiger partial charge in [0.1, 0.15) is 5.82 Å². The standard InChI is InChI=1S/C19H28N4O2/c1-3-23(14-19(24)25)15-8-11-22(12-9-15)13-10-18-20-16-6-4-5-7-17(16)21(18)2/h4-7,15H,3,8-14H2,1-2H3,(H,24,25). The molecule has 1 fully saturated rings. The van der Waals surface area contributed by atoms with E-state index < -0.39 is 5.97 Å². The normalized spacial score (nSPS) is 16.8. The van der Waals surface area contributed by atoms with Gasteiger partial charge in [0.15, 0.2) is 0 Å². The second-order valence-electron chi connectivity index (χ2n) is 6.86. The summed E-state index contributed by atoms with van der Waals surface area (Å²) in [5.41, 5.74) is 2.24. The maximum atomic E-state index is 11.0. The second-order valence-corrected chi connectivity index (χ2v) is 6.86. The van der Waals surface area contributed by atoms with Crippen molar-refractivity contribution in [2.75, 3.05) is 32.7 Å². The van der Waals surface area contributed by atoms with Crippen LogP contribution in [0.3, 0.4) is 0 Å². The fourth-order valence-corrected chi connectivity index (χ4v) is 3.86. The molecule has 0 aliphatic carbocycles. The van der Waals surface area contributed by atoms with Crippen molar-refractivity contribution >= 4 is 17.0 Å². The van der Waals surface area contributed by atoms with Crippen LogP contribution in [0.4, 0.5) is 0 Å². The predicted octanol–water partition coefficient (Wildman–Crippen LogP) is 1.99. The Bertz CT molecular complexity index is 719. The summed E-state index contributed by atoms with van der Waals surface area (Å²) < 4.78 is 2.19. The molecule has 0 atom stereocenters. The largest absolute Gasteiger partial charge is 0.480 e. The molecule has 0 spiro atoms. The van der Waals surface area contributed by atoms with Crippen molar-refractivity contribution in [1.29, 1.82) is 0 Å². The summed E-state index contributed by atoms with van der Waals surface area (Å²) in [6, 6.07) is 8.65. The van der Waals surface area contributed by atoms with E-state index in [9.17, 15) is 4.79 Å². The van der Waals surface area contributed by atoms with E-state index in [2.05, 4.69) is 39.6 Å². The first kappa shape index (κ1) is 17.9. The molecule has 1 saturated heterocycles. The van der Waals surface area contributed by atoms with Gasteiger partial charge in [0.2, 0.25) is 0 Å². The van der Waals surface area contributed by atoms with Crippen molar-refractivity contribution in [2.45, 2.75) is 32.2 Å². The molecule has 0 saturated carbocycles. The minimum atomic E-state index is -0.730. The Morgan fingerprint density at radius 2 is 2.04 bits per heavy atom. The van der Waals surface area contributed by atoms with Gasteiger partial charge in [-0.25, -0.2) is 4.98 Å². The lowest BCUT2D eigenvalue weighted by atomic mass is 10.0. The molecule has 0 bridgehead atoms. The third-order valence-electron chi connectivity index (χ3n) is 5.35. The fraction of sp³-hybridized carbons (Fsp3) is 0.579. The number of aliphatic carboxylic acids is 1. The van der Waals surface area contributed by atoms with Gasteiger partial charge in [-0.05, 0) is 44.6 Å². The topological polar surface area (TPSA) is 61.6 Å². The monoisotopic (exact) mass is 344 g/mol. The molecule has 1 aliphatic heterocycles. The number of rotatable bonds is 7. The van der Waals surface area contributed by atoms with E-state index in [4.69, 9.17) is 10.1 Å². The Hall–Kier alpha value is -1.92. The van der Waals surface area contributed by atoms with Crippen LogP contribution in [0.25, 0.3) is 11.0 Å². The number of likely N-dealkylation sites (tertiary alicyclic amines) is 1. The zero-order chi connectivity index (χ0) is 17.8. The molecule has 136 valence electrons. The lowest BCUT2D eigenvalue weighted by molar-refractivity contribution is -0.139. The SMILES string of the molecule is CCN(CC(=O)O)C1CCN(CCc2nc3ccccc3n2C)CC1. The molecule has 0 unspecified atom stereocenters. The molecule has 25 heavy (non-hydrogen) atoms. The maximum Gasteiger partial charge on any atom is 0.317 e. The number of carboxylic acid groups (broad SMARTS) is 1. The molecule has 2 aromatic rings. The van der Waals surface area contributed by atoms with E-state index in [0.29, 0.717) is 6.04 Å². The number of carboxylic acids is 1. The zero-order valence-electron chi connectivity index (χ0n) is 15.2. The van der Waals surface area contributed by atoms with E-state index in [-0.39, 0.29) is 6.54 Å². The van der Waals surface area contributed by atoms with Crippen LogP contribution in [0.2, 0.25) is 0 Å². The number of nitrogens with zero attached hydrogens (tertiary/aromatic N) is 4. The number of aromatic nitrogens is 2. The first-order valence-corrected chi connectivity index (χ1v) is 9.17. The summed E-state index contributed by atoms with van der Waals surface area (Å²) in [5, 5.41) is 9.03. The number of likely N-dealkylation sites (N-methyl/N-ethyl adjacent to an activating group) is 1. The maximum absolute atomic E-state index is 11.0. The number of imidazole rings is 1. The number of aryl methyl sites for hydroxylation is 1. The first-order chi connectivity index (χ1) is 12.1. The van der Waals surface area contributed by atoms with Crippen LogP contribution in [0.1, 0.15) is 25.6 Å². The molecule has 0 amide bonds. The third-order valence-corrected chi connectivity index (χ3v) is 5.35. The number of hydrogen-bond acceptors (Lipinski definition) is 4. The van der Waals surface area contributed by atoms with Crippen molar-refractivity contribution in [3.63, 3.8) is 0 Å². The predicted molar refractivity (Wildman–Crippen MR) is 98.8 cm³/mol. The van der Waals surface area contributed by atoms with Crippen LogP contribution >= 0.6 is 0 Å². The van der Waals surface area contributed by atoms with Gasteiger partial charge in [0.05, 0.1) is 17.6 Å². The molecule has 1 N–H and O–H groups in total. The van der Waals surface area contributed by atoms with Gasteiger partial charge in [-0.15, -0.1) is 0 Å². The molecule has 3 rings (SSSR count). The van der Waals surface area contributed by atoms with Crippen LogP contribution < -0.4 is 0 Å². The highest BCUT2D eigenvalue weighted by Gasteiger charge is 2.25. The Balaban J connectivity index is 1.52. The van der Waals surface area contributed by atoms with Crippen LogP contribution in [-0.2, 0) is 18.3 Å². The highest BCUT2D eigenvalue weighted by Crippen LogP contribution is 2.18. The summed E-state index contributed by atoms with van der Waals surface area (Å²) in [6.07, 6.45) is 3.04. The Kier molecular flexibility index (Phi) is 5.71. The average molecular weight is 344 g/mol. The van der Waals surface area contributed by atoms with E-state index >= 15 is 0 Å². The molecule has 2 heterocycles. The number of benzene rings is 1. The number of hydrogen-bond donors (Lipinski definition) is 1. The van der Waals surface area contributed by atoms with Crippen molar-refractivity contribution in [3.05, 3.63) is 30.1 Å². The van der Waals surface area contributed by atoms with Crippen molar-refractivity contribution in [1.82, 2.24) is 19.4 Å². The second kappa shape index (κ2) is 7.97. The lowest BCUT2D eigenvalue weighted by Crippen LogP contribution is -2.46. The van der Waals surface area contributed by atoms with Gasteiger partial charge in [-0.1, -0.05) is 19.1 Å². The Morgan fingerprint density at radius 3 is 2.68 bits per heavy atom.